The molecule has 0 bridgehead atoms. The Labute approximate surface area is 93.2 Å². The van der Waals surface area contributed by atoms with Crippen molar-refractivity contribution < 1.29 is 0 Å². The maximum Gasteiger partial charge on any atom is 0.163 e. The zero-order valence-electron chi connectivity index (χ0n) is 8.64. The topological polar surface area (TPSA) is 53.6 Å². The Morgan fingerprint density at radius 2 is 2.19 bits per heavy atom. The minimum atomic E-state index is 0.504. The molecule has 0 atom stereocenters. The highest BCUT2D eigenvalue weighted by Gasteiger charge is 2.16. The lowest BCUT2D eigenvalue weighted by Gasteiger charge is -2.07. The van der Waals surface area contributed by atoms with E-state index in [2.05, 4.69) is 28.5 Å². The molecule has 1 N–H and O–H groups in total. The largest absolute Gasteiger partial charge is 0.307 e. The summed E-state index contributed by atoms with van der Waals surface area (Å²) in [6.45, 7) is 1.50. The number of rotatable bonds is 0. The predicted octanol–water partition coefficient (Wildman–Crippen LogP) is 1.35. The average Bonchev–Trinajstić information content (AvgIpc) is 2.64. The smallest absolute Gasteiger partial charge is 0.163 e. The van der Waals surface area contributed by atoms with E-state index in [0.29, 0.717) is 12.2 Å². The van der Waals surface area contributed by atoms with Gasteiger partial charge in [0.2, 0.25) is 0 Å². The molecule has 4 nitrogen and oxygen atoms in total. The summed E-state index contributed by atoms with van der Waals surface area (Å²) in [4.78, 5) is 4.12. The van der Waals surface area contributed by atoms with Gasteiger partial charge >= 0.3 is 0 Å². The standard InChI is InChI=1S/C12H10N4/c13-5-10-12-7-14-6-9-3-1-2-4-11(9)16(12)8-15-10/h1-4,8,14H,6-7H2. The van der Waals surface area contributed by atoms with E-state index < -0.39 is 0 Å². The second-order valence-corrected chi connectivity index (χ2v) is 3.75. The van der Waals surface area contributed by atoms with Crippen LogP contribution in [0.5, 0.6) is 0 Å². The SMILES string of the molecule is N#Cc1ncn2c1CNCc1ccccc1-2. The predicted molar refractivity (Wildman–Crippen MR) is 58.8 cm³/mol. The Morgan fingerprint density at radius 1 is 1.31 bits per heavy atom. The van der Waals surface area contributed by atoms with Crippen molar-refractivity contribution in [2.75, 3.05) is 0 Å². The van der Waals surface area contributed by atoms with Crippen LogP contribution in [0.25, 0.3) is 5.69 Å². The lowest BCUT2D eigenvalue weighted by Crippen LogP contribution is -2.11. The Balaban J connectivity index is 2.27. The molecule has 2 heterocycles. The van der Waals surface area contributed by atoms with Gasteiger partial charge < -0.3 is 9.88 Å². The first-order valence-electron chi connectivity index (χ1n) is 5.15. The van der Waals surface area contributed by atoms with E-state index in [0.717, 1.165) is 17.9 Å². The van der Waals surface area contributed by atoms with Crippen LogP contribution >= 0.6 is 0 Å². The van der Waals surface area contributed by atoms with Gasteiger partial charge in [-0.1, -0.05) is 18.2 Å². The van der Waals surface area contributed by atoms with Crippen LogP contribution < -0.4 is 5.32 Å². The molecule has 16 heavy (non-hydrogen) atoms. The molecule has 78 valence electrons. The van der Waals surface area contributed by atoms with E-state index in [1.807, 2.05) is 16.7 Å². The molecule has 1 aliphatic rings. The Morgan fingerprint density at radius 3 is 3.06 bits per heavy atom. The molecule has 0 radical (unpaired) electrons. The van der Waals surface area contributed by atoms with E-state index in [9.17, 15) is 0 Å². The number of benzene rings is 1. The molecule has 2 aromatic rings. The zero-order chi connectivity index (χ0) is 11.0. The maximum absolute atomic E-state index is 8.97. The molecule has 0 amide bonds. The normalized spacial score (nSPS) is 13.4. The zero-order valence-corrected chi connectivity index (χ0v) is 8.64. The van der Waals surface area contributed by atoms with Gasteiger partial charge in [0.1, 0.15) is 12.4 Å². The van der Waals surface area contributed by atoms with Gasteiger partial charge in [0.15, 0.2) is 5.69 Å². The lowest BCUT2D eigenvalue weighted by atomic mass is 10.2. The number of nitrogens with zero attached hydrogens (tertiary/aromatic N) is 3. The van der Waals surface area contributed by atoms with Gasteiger partial charge in [-0.15, -0.1) is 0 Å². The third-order valence-corrected chi connectivity index (χ3v) is 2.83. The first-order valence-corrected chi connectivity index (χ1v) is 5.15. The third-order valence-electron chi connectivity index (χ3n) is 2.83. The number of nitrogens with one attached hydrogen (secondary N) is 1. The van der Waals surface area contributed by atoms with Gasteiger partial charge in [0.25, 0.3) is 0 Å². The fourth-order valence-corrected chi connectivity index (χ4v) is 2.05. The summed E-state index contributed by atoms with van der Waals surface area (Å²) in [5.74, 6) is 0. The van der Waals surface area contributed by atoms with Gasteiger partial charge in [0.05, 0.1) is 11.4 Å². The summed E-state index contributed by atoms with van der Waals surface area (Å²) in [6.07, 6.45) is 1.72. The van der Waals surface area contributed by atoms with E-state index in [4.69, 9.17) is 5.26 Å². The molecule has 0 saturated carbocycles. The number of aromatic nitrogens is 2. The van der Waals surface area contributed by atoms with Crippen molar-refractivity contribution in [1.29, 1.82) is 5.26 Å². The maximum atomic E-state index is 8.97. The van der Waals surface area contributed by atoms with E-state index in [1.165, 1.54) is 5.56 Å². The second-order valence-electron chi connectivity index (χ2n) is 3.75. The van der Waals surface area contributed by atoms with Crippen LogP contribution in [0.4, 0.5) is 0 Å². The van der Waals surface area contributed by atoms with Crippen LogP contribution in [0.2, 0.25) is 0 Å². The van der Waals surface area contributed by atoms with Crippen molar-refractivity contribution in [3.8, 4) is 11.8 Å². The quantitative estimate of drug-likeness (QED) is 0.714. The lowest BCUT2D eigenvalue weighted by molar-refractivity contribution is 0.691. The molecule has 0 aliphatic carbocycles. The summed E-state index contributed by atoms with van der Waals surface area (Å²) in [6, 6.07) is 10.3. The van der Waals surface area contributed by atoms with Crippen LogP contribution in [0.1, 0.15) is 17.0 Å². The molecule has 3 rings (SSSR count). The summed E-state index contributed by atoms with van der Waals surface area (Å²) in [5.41, 5.74) is 3.77. The molecule has 0 fully saturated rings. The van der Waals surface area contributed by atoms with Gasteiger partial charge in [-0.25, -0.2) is 4.98 Å². The fourth-order valence-electron chi connectivity index (χ4n) is 2.05. The molecular weight excluding hydrogens is 200 g/mol. The molecule has 4 heteroatoms. The van der Waals surface area contributed by atoms with Gasteiger partial charge in [-0.2, -0.15) is 5.26 Å². The first kappa shape index (κ1) is 9.13. The third kappa shape index (κ3) is 1.23. The van der Waals surface area contributed by atoms with Crippen molar-refractivity contribution in [2.24, 2.45) is 0 Å². The van der Waals surface area contributed by atoms with Crippen molar-refractivity contribution in [3.05, 3.63) is 47.5 Å². The highest BCUT2D eigenvalue weighted by molar-refractivity contribution is 5.45. The summed E-state index contributed by atoms with van der Waals surface area (Å²) >= 11 is 0. The van der Waals surface area contributed by atoms with Crippen molar-refractivity contribution in [1.82, 2.24) is 14.9 Å². The Hall–Kier alpha value is -2.12. The number of hydrogen-bond donors (Lipinski definition) is 1. The molecule has 0 unspecified atom stereocenters. The number of nitriles is 1. The van der Waals surface area contributed by atoms with Crippen LogP contribution in [0.3, 0.4) is 0 Å². The molecule has 1 aliphatic heterocycles. The summed E-state index contributed by atoms with van der Waals surface area (Å²) in [7, 11) is 0. The first-order chi connectivity index (χ1) is 7.90. The van der Waals surface area contributed by atoms with E-state index >= 15 is 0 Å². The van der Waals surface area contributed by atoms with Crippen molar-refractivity contribution >= 4 is 0 Å². The Kier molecular flexibility index (Phi) is 1.98. The molecule has 0 spiro atoms. The highest BCUT2D eigenvalue weighted by atomic mass is 15.1. The van der Waals surface area contributed by atoms with Crippen LogP contribution in [-0.4, -0.2) is 9.55 Å². The van der Waals surface area contributed by atoms with E-state index in [1.54, 1.807) is 6.33 Å². The van der Waals surface area contributed by atoms with E-state index in [-0.39, 0.29) is 0 Å². The monoisotopic (exact) mass is 210 g/mol. The number of imidazole rings is 1. The van der Waals surface area contributed by atoms with Crippen LogP contribution in [0.15, 0.2) is 30.6 Å². The molecule has 1 aromatic carbocycles. The minimum absolute atomic E-state index is 0.504. The summed E-state index contributed by atoms with van der Waals surface area (Å²) < 4.78 is 1.99. The molecule has 0 saturated heterocycles. The molecular formula is C12H10N4. The average molecular weight is 210 g/mol. The Bertz CT molecular complexity index is 577. The number of fused-ring (bicyclic) bond motifs is 3. The minimum Gasteiger partial charge on any atom is -0.307 e. The summed E-state index contributed by atoms with van der Waals surface area (Å²) in [5, 5.41) is 12.3. The van der Waals surface area contributed by atoms with Crippen LogP contribution in [-0.2, 0) is 13.1 Å². The van der Waals surface area contributed by atoms with Crippen molar-refractivity contribution in [2.45, 2.75) is 13.1 Å². The number of para-hydroxylation sites is 1. The van der Waals surface area contributed by atoms with Gasteiger partial charge in [0, 0.05) is 13.1 Å². The van der Waals surface area contributed by atoms with Gasteiger partial charge in [-0.05, 0) is 11.6 Å². The highest BCUT2D eigenvalue weighted by Crippen LogP contribution is 2.21. The molecule has 1 aromatic heterocycles. The second kappa shape index (κ2) is 3.47. The number of hydrogen-bond acceptors (Lipinski definition) is 3. The van der Waals surface area contributed by atoms with Gasteiger partial charge in [-0.3, -0.25) is 0 Å². The van der Waals surface area contributed by atoms with Crippen molar-refractivity contribution in [3.63, 3.8) is 0 Å². The fraction of sp³-hybridized carbons (Fsp3) is 0.167. The van der Waals surface area contributed by atoms with Crippen LogP contribution in [0, 0.1) is 11.3 Å².